The highest BCUT2D eigenvalue weighted by atomic mass is 32.2. The summed E-state index contributed by atoms with van der Waals surface area (Å²) < 4.78 is 28.7. The van der Waals surface area contributed by atoms with Gasteiger partial charge in [0, 0.05) is 18.0 Å². The van der Waals surface area contributed by atoms with Crippen LogP contribution in [0, 0.1) is 6.92 Å². The van der Waals surface area contributed by atoms with E-state index in [4.69, 9.17) is 0 Å². The third kappa shape index (κ3) is 2.93. The molecule has 148 valence electrons. The molecule has 0 saturated carbocycles. The largest absolute Gasteiger partial charge is 0.243 e. The summed E-state index contributed by atoms with van der Waals surface area (Å²) >= 11 is 0. The predicted molar refractivity (Wildman–Crippen MR) is 115 cm³/mol. The Hall–Kier alpha value is -2.43. The van der Waals surface area contributed by atoms with Gasteiger partial charge in [0.1, 0.15) is 0 Å². The Morgan fingerprint density at radius 1 is 0.897 bits per heavy atom. The van der Waals surface area contributed by atoms with Crippen LogP contribution in [0.5, 0.6) is 0 Å². The molecule has 3 aromatic carbocycles. The second kappa shape index (κ2) is 6.82. The lowest BCUT2D eigenvalue weighted by Crippen LogP contribution is -2.55. The average molecular weight is 404 g/mol. The molecule has 1 aliphatic carbocycles. The quantitative estimate of drug-likeness (QED) is 0.636. The number of rotatable bonds is 3. The molecule has 4 heteroatoms. The zero-order chi connectivity index (χ0) is 20.1. The highest BCUT2D eigenvalue weighted by Gasteiger charge is 2.49. The van der Waals surface area contributed by atoms with Gasteiger partial charge >= 0.3 is 0 Å². The zero-order valence-electron chi connectivity index (χ0n) is 16.6. The van der Waals surface area contributed by atoms with Crippen molar-refractivity contribution < 1.29 is 8.42 Å². The molecule has 1 fully saturated rings. The van der Waals surface area contributed by atoms with E-state index in [9.17, 15) is 8.42 Å². The Kier molecular flexibility index (Phi) is 4.37. The topological polar surface area (TPSA) is 37.4 Å². The molecule has 0 N–H and O–H groups in total. The van der Waals surface area contributed by atoms with Gasteiger partial charge in [-0.2, -0.15) is 4.31 Å². The third-order valence-corrected chi connectivity index (χ3v) is 8.66. The summed E-state index contributed by atoms with van der Waals surface area (Å²) in [6.07, 6.45) is 2.41. The second-order valence-electron chi connectivity index (χ2n) is 8.35. The lowest BCUT2D eigenvalue weighted by Gasteiger charge is -2.51. The number of nitrogens with zero attached hydrogens (tertiary/aromatic N) is 1. The SMILES string of the molecule is Cc1ccc(S(=O)(=O)N2CC[C@@]3(c4ccccc4)C[C@@H]2Cc2ccccc23)cc1. The van der Waals surface area contributed by atoms with Gasteiger partial charge in [-0.15, -0.1) is 0 Å². The van der Waals surface area contributed by atoms with E-state index < -0.39 is 10.0 Å². The first-order valence-corrected chi connectivity index (χ1v) is 11.7. The predicted octanol–water partition coefficient (Wildman–Crippen LogP) is 4.69. The molecule has 29 heavy (non-hydrogen) atoms. The van der Waals surface area contributed by atoms with Crippen molar-refractivity contribution in [2.45, 2.75) is 42.5 Å². The molecule has 3 aromatic rings. The maximum Gasteiger partial charge on any atom is 0.243 e. The second-order valence-corrected chi connectivity index (χ2v) is 10.2. The van der Waals surface area contributed by atoms with Gasteiger partial charge in [-0.1, -0.05) is 72.3 Å². The van der Waals surface area contributed by atoms with Crippen LogP contribution in [0.15, 0.2) is 83.8 Å². The Balaban J connectivity index is 1.60. The Bertz CT molecular complexity index is 1140. The van der Waals surface area contributed by atoms with E-state index >= 15 is 0 Å². The van der Waals surface area contributed by atoms with Gasteiger partial charge < -0.3 is 0 Å². The maximum atomic E-state index is 13.5. The number of benzene rings is 3. The molecule has 3 nitrogen and oxygen atoms in total. The minimum Gasteiger partial charge on any atom is -0.207 e. The van der Waals surface area contributed by atoms with Crippen molar-refractivity contribution in [3.05, 3.63) is 101 Å². The third-order valence-electron chi connectivity index (χ3n) is 6.69. The summed E-state index contributed by atoms with van der Waals surface area (Å²) in [5.41, 5.74) is 4.90. The van der Waals surface area contributed by atoms with Crippen LogP contribution >= 0.6 is 0 Å². The number of fused-ring (bicyclic) bond motifs is 4. The highest BCUT2D eigenvalue weighted by molar-refractivity contribution is 7.89. The average Bonchev–Trinajstić information content (AvgIpc) is 2.75. The fraction of sp³-hybridized carbons (Fsp3) is 0.280. The van der Waals surface area contributed by atoms with Crippen LogP contribution in [0.2, 0.25) is 0 Å². The molecule has 1 aliphatic heterocycles. The Labute approximate surface area is 173 Å². The van der Waals surface area contributed by atoms with E-state index in [0.717, 1.165) is 24.8 Å². The van der Waals surface area contributed by atoms with Crippen molar-refractivity contribution in [2.75, 3.05) is 6.54 Å². The summed E-state index contributed by atoms with van der Waals surface area (Å²) in [5.74, 6) is 0. The van der Waals surface area contributed by atoms with Crippen LogP contribution < -0.4 is 0 Å². The van der Waals surface area contributed by atoms with Gasteiger partial charge in [-0.25, -0.2) is 8.42 Å². The minimum atomic E-state index is -3.51. The first kappa shape index (κ1) is 18.6. The summed E-state index contributed by atoms with van der Waals surface area (Å²) in [5, 5.41) is 0. The minimum absolute atomic E-state index is 0.0230. The standard InChI is InChI=1S/C25H25NO2S/c1-19-11-13-23(14-12-19)29(27,28)26-16-15-25(21-8-3-2-4-9-21)18-22(26)17-20-7-5-6-10-24(20)25/h2-14,22H,15-18H2,1H3/t22-,25-/m0/s1. The monoisotopic (exact) mass is 403 g/mol. The van der Waals surface area contributed by atoms with Crippen LogP contribution in [-0.4, -0.2) is 25.3 Å². The van der Waals surface area contributed by atoms with Gasteiger partial charge in [-0.3, -0.25) is 0 Å². The van der Waals surface area contributed by atoms with E-state index in [-0.39, 0.29) is 11.5 Å². The fourth-order valence-electron chi connectivity index (χ4n) is 5.26. The van der Waals surface area contributed by atoms with E-state index in [1.807, 2.05) is 25.1 Å². The zero-order valence-corrected chi connectivity index (χ0v) is 17.4. The number of aryl methyl sites for hydroxylation is 1. The molecule has 0 unspecified atom stereocenters. The Morgan fingerprint density at radius 3 is 2.34 bits per heavy atom. The molecule has 0 spiro atoms. The smallest absolute Gasteiger partial charge is 0.207 e. The van der Waals surface area contributed by atoms with Crippen LogP contribution in [0.25, 0.3) is 0 Å². The maximum absolute atomic E-state index is 13.5. The van der Waals surface area contributed by atoms with E-state index in [0.29, 0.717) is 11.4 Å². The van der Waals surface area contributed by atoms with Crippen LogP contribution in [0.4, 0.5) is 0 Å². The van der Waals surface area contributed by atoms with Crippen LogP contribution in [-0.2, 0) is 21.9 Å². The molecule has 1 heterocycles. The summed E-state index contributed by atoms with van der Waals surface area (Å²) in [6.45, 7) is 2.52. The molecule has 2 aliphatic rings. The summed E-state index contributed by atoms with van der Waals surface area (Å²) in [4.78, 5) is 0.397. The van der Waals surface area contributed by atoms with Crippen LogP contribution in [0.1, 0.15) is 35.1 Å². The number of sulfonamides is 1. The van der Waals surface area contributed by atoms with Gasteiger partial charge in [0.15, 0.2) is 0 Å². The van der Waals surface area contributed by atoms with Crippen molar-refractivity contribution in [2.24, 2.45) is 0 Å². The molecule has 2 bridgehead atoms. The van der Waals surface area contributed by atoms with Crippen molar-refractivity contribution in [1.29, 1.82) is 0 Å². The van der Waals surface area contributed by atoms with Gasteiger partial charge in [0.2, 0.25) is 10.0 Å². The van der Waals surface area contributed by atoms with Gasteiger partial charge in [0.25, 0.3) is 0 Å². The van der Waals surface area contributed by atoms with Crippen molar-refractivity contribution >= 4 is 10.0 Å². The molecule has 5 rings (SSSR count). The number of hydrogen-bond donors (Lipinski definition) is 0. The summed E-state index contributed by atoms with van der Waals surface area (Å²) in [7, 11) is -3.51. The summed E-state index contributed by atoms with van der Waals surface area (Å²) in [6, 6.07) is 26.4. The molecule has 1 saturated heterocycles. The highest BCUT2D eigenvalue weighted by Crippen LogP contribution is 2.50. The molecule has 0 aromatic heterocycles. The number of piperidine rings is 1. The Morgan fingerprint density at radius 2 is 1.59 bits per heavy atom. The van der Waals surface area contributed by atoms with Gasteiger partial charge in [-0.05, 0) is 55.0 Å². The van der Waals surface area contributed by atoms with Crippen molar-refractivity contribution in [3.8, 4) is 0 Å². The first-order chi connectivity index (χ1) is 14.0. The molecular formula is C25H25NO2S. The van der Waals surface area contributed by atoms with E-state index in [1.54, 1.807) is 16.4 Å². The molecule has 2 atom stereocenters. The first-order valence-electron chi connectivity index (χ1n) is 10.2. The fourth-order valence-corrected chi connectivity index (χ4v) is 6.89. The lowest BCUT2D eigenvalue weighted by atomic mass is 9.61. The van der Waals surface area contributed by atoms with E-state index in [2.05, 4.69) is 48.5 Å². The lowest BCUT2D eigenvalue weighted by molar-refractivity contribution is 0.174. The van der Waals surface area contributed by atoms with Crippen molar-refractivity contribution in [3.63, 3.8) is 0 Å². The molecular weight excluding hydrogens is 378 g/mol. The van der Waals surface area contributed by atoms with Gasteiger partial charge in [0.05, 0.1) is 4.90 Å². The van der Waals surface area contributed by atoms with E-state index in [1.165, 1.54) is 16.7 Å². The molecule has 0 radical (unpaired) electrons. The molecule has 0 amide bonds. The van der Waals surface area contributed by atoms with Crippen LogP contribution in [0.3, 0.4) is 0 Å². The number of hydrogen-bond acceptors (Lipinski definition) is 2. The normalized spacial score (nSPS) is 24.1. The van der Waals surface area contributed by atoms with Crippen molar-refractivity contribution in [1.82, 2.24) is 4.31 Å².